The summed E-state index contributed by atoms with van der Waals surface area (Å²) in [6.07, 6.45) is 5.05. The number of hydrogen-bond acceptors (Lipinski definition) is 4. The number of rotatable bonds is 4. The molecular formula is C6H9ClFO4P. The van der Waals surface area contributed by atoms with Crippen molar-refractivity contribution < 1.29 is 22.4 Å². The Morgan fingerprint density at radius 2 is 2.31 bits per heavy atom. The molecule has 1 aliphatic rings. The lowest BCUT2D eigenvalue weighted by Crippen LogP contribution is -1.96. The average molecular weight is 231 g/mol. The molecule has 7 heteroatoms. The lowest BCUT2D eigenvalue weighted by atomic mass is 10.1. The lowest BCUT2D eigenvalue weighted by Gasteiger charge is -2.15. The third-order valence-corrected chi connectivity index (χ3v) is 2.95. The number of halogens is 2. The van der Waals surface area contributed by atoms with Crippen molar-refractivity contribution in [1.82, 2.24) is 0 Å². The highest BCUT2D eigenvalue weighted by Gasteiger charge is 2.31. The molecular weight excluding hydrogens is 221 g/mol. The van der Waals surface area contributed by atoms with E-state index in [-0.39, 0.29) is 0 Å². The second-order valence-corrected chi connectivity index (χ2v) is 4.36. The van der Waals surface area contributed by atoms with Gasteiger partial charge < -0.3 is 4.52 Å². The van der Waals surface area contributed by atoms with Gasteiger partial charge in [-0.25, -0.2) is 4.57 Å². The summed E-state index contributed by atoms with van der Waals surface area (Å²) in [6.45, 7) is 0. The zero-order valence-corrected chi connectivity index (χ0v) is 8.39. The summed E-state index contributed by atoms with van der Waals surface area (Å²) in [7, 11) is -4.22. The van der Waals surface area contributed by atoms with E-state index in [9.17, 15) is 9.09 Å². The van der Waals surface area contributed by atoms with Crippen LogP contribution in [0, 0.1) is 0 Å². The van der Waals surface area contributed by atoms with Gasteiger partial charge in [-0.1, -0.05) is 4.73 Å². The summed E-state index contributed by atoms with van der Waals surface area (Å²) < 4.78 is 34.1. The molecule has 0 amide bonds. The molecule has 0 heterocycles. The molecule has 0 aliphatic heterocycles. The van der Waals surface area contributed by atoms with Crippen molar-refractivity contribution in [1.29, 1.82) is 0 Å². The molecule has 0 fully saturated rings. The standard InChI is InChI=1S/C6H9ClFO4P/c7-11-13(9,12-8)10-6-4-2-1-3-5-6/h4H,1-3,5H2. The summed E-state index contributed by atoms with van der Waals surface area (Å²) in [6, 6.07) is 0. The minimum absolute atomic E-state index is 0.396. The molecule has 1 aliphatic carbocycles. The number of allylic oxidation sites excluding steroid dienone is 2. The fraction of sp³-hybridized carbons (Fsp3) is 0.667. The second-order valence-electron chi connectivity index (χ2n) is 2.59. The van der Waals surface area contributed by atoms with Crippen LogP contribution in [0.15, 0.2) is 11.8 Å². The topological polar surface area (TPSA) is 44.8 Å². The van der Waals surface area contributed by atoms with E-state index < -0.39 is 7.82 Å². The van der Waals surface area contributed by atoms with Crippen molar-refractivity contribution in [2.75, 3.05) is 0 Å². The summed E-state index contributed by atoms with van der Waals surface area (Å²) in [5.74, 6) is 0.396. The van der Waals surface area contributed by atoms with Crippen LogP contribution >= 0.6 is 19.7 Å². The molecule has 0 bridgehead atoms. The summed E-state index contributed by atoms with van der Waals surface area (Å²) in [5.41, 5.74) is 0. The number of phosphoric acid groups is 1. The quantitative estimate of drug-likeness (QED) is 0.692. The van der Waals surface area contributed by atoms with Gasteiger partial charge >= 0.3 is 7.82 Å². The molecule has 13 heavy (non-hydrogen) atoms. The molecule has 0 aromatic heterocycles. The minimum Gasteiger partial charge on any atom is -0.406 e. The molecule has 0 radical (unpaired) electrons. The van der Waals surface area contributed by atoms with E-state index in [0.29, 0.717) is 12.2 Å². The Morgan fingerprint density at radius 3 is 2.77 bits per heavy atom. The average Bonchev–Trinajstić information content (AvgIpc) is 2.19. The molecule has 0 aromatic carbocycles. The predicted octanol–water partition coefficient (Wildman–Crippen LogP) is 3.64. The van der Waals surface area contributed by atoms with Gasteiger partial charge in [0.1, 0.15) is 5.76 Å². The largest absolute Gasteiger partial charge is 0.578 e. The Labute approximate surface area is 80.3 Å². The normalized spacial score (nSPS) is 21.8. The van der Waals surface area contributed by atoms with Crippen LogP contribution in [-0.2, 0) is 17.9 Å². The van der Waals surface area contributed by atoms with Crippen molar-refractivity contribution in [3.05, 3.63) is 11.8 Å². The van der Waals surface area contributed by atoms with E-state index in [1.54, 1.807) is 6.08 Å². The van der Waals surface area contributed by atoms with Gasteiger partial charge in [0.15, 0.2) is 0 Å². The maximum absolute atomic E-state index is 11.7. The molecule has 0 spiro atoms. The zero-order valence-electron chi connectivity index (χ0n) is 6.74. The molecule has 76 valence electrons. The minimum atomic E-state index is -4.22. The highest BCUT2D eigenvalue weighted by molar-refractivity contribution is 7.49. The van der Waals surface area contributed by atoms with E-state index in [1.165, 1.54) is 0 Å². The molecule has 1 atom stereocenters. The van der Waals surface area contributed by atoms with Crippen LogP contribution in [0.2, 0.25) is 0 Å². The van der Waals surface area contributed by atoms with Crippen molar-refractivity contribution >= 4 is 19.7 Å². The molecule has 4 nitrogen and oxygen atoms in total. The van der Waals surface area contributed by atoms with Crippen molar-refractivity contribution in [3.63, 3.8) is 0 Å². The summed E-state index contributed by atoms with van der Waals surface area (Å²) in [4.78, 5) is 0. The van der Waals surface area contributed by atoms with Crippen molar-refractivity contribution in [2.24, 2.45) is 0 Å². The third-order valence-electron chi connectivity index (χ3n) is 1.65. The Morgan fingerprint density at radius 1 is 1.54 bits per heavy atom. The Bertz CT molecular complexity index is 237. The molecule has 0 aromatic rings. The first-order chi connectivity index (χ1) is 6.20. The van der Waals surface area contributed by atoms with Crippen LogP contribution in [0.4, 0.5) is 4.53 Å². The van der Waals surface area contributed by atoms with Crippen LogP contribution in [0.3, 0.4) is 0 Å². The van der Waals surface area contributed by atoms with Crippen LogP contribution in [-0.4, -0.2) is 0 Å². The molecule has 1 unspecified atom stereocenters. The highest BCUT2D eigenvalue weighted by Crippen LogP contribution is 2.53. The third kappa shape index (κ3) is 3.27. The predicted molar refractivity (Wildman–Crippen MR) is 44.4 cm³/mol. The van der Waals surface area contributed by atoms with Crippen molar-refractivity contribution in [2.45, 2.75) is 25.7 Å². The Kier molecular flexibility index (Phi) is 4.19. The monoisotopic (exact) mass is 230 g/mol. The Hall–Kier alpha value is -0.0900. The van der Waals surface area contributed by atoms with Gasteiger partial charge in [-0.15, -0.1) is 0 Å². The molecule has 1 rings (SSSR count). The van der Waals surface area contributed by atoms with Crippen LogP contribution in [0.5, 0.6) is 0 Å². The van der Waals surface area contributed by atoms with Gasteiger partial charge in [-0.3, -0.25) is 0 Å². The van der Waals surface area contributed by atoms with Gasteiger partial charge in [-0.2, -0.15) is 4.08 Å². The van der Waals surface area contributed by atoms with Crippen LogP contribution < -0.4 is 0 Å². The molecule has 0 saturated heterocycles. The first-order valence-corrected chi connectivity index (χ1v) is 5.56. The fourth-order valence-corrected chi connectivity index (χ4v) is 1.75. The van der Waals surface area contributed by atoms with Gasteiger partial charge in [0.05, 0.1) is 11.9 Å². The first-order valence-electron chi connectivity index (χ1n) is 3.79. The smallest absolute Gasteiger partial charge is 0.406 e. The molecule has 0 N–H and O–H groups in total. The van der Waals surface area contributed by atoms with E-state index in [2.05, 4.69) is 13.3 Å². The zero-order chi connectivity index (χ0) is 9.73. The fourth-order valence-electron chi connectivity index (χ4n) is 1.07. The van der Waals surface area contributed by atoms with E-state index in [1.807, 2.05) is 0 Å². The number of hydrogen-bond donors (Lipinski definition) is 0. The van der Waals surface area contributed by atoms with Gasteiger partial charge in [0.25, 0.3) is 0 Å². The Balaban J connectivity index is 2.55. The highest BCUT2D eigenvalue weighted by atomic mass is 35.5. The summed E-state index contributed by atoms with van der Waals surface area (Å²) in [5, 5.41) is 0. The van der Waals surface area contributed by atoms with Crippen LogP contribution in [0.1, 0.15) is 25.7 Å². The molecule has 0 saturated carbocycles. The lowest BCUT2D eigenvalue weighted by molar-refractivity contribution is -0.0394. The first kappa shape index (κ1) is 11.0. The SMILES string of the molecule is O=P(OF)(OCl)OC1=CCCCC1. The summed E-state index contributed by atoms with van der Waals surface area (Å²) >= 11 is 4.75. The maximum atomic E-state index is 11.7. The van der Waals surface area contributed by atoms with E-state index in [4.69, 9.17) is 11.9 Å². The van der Waals surface area contributed by atoms with E-state index >= 15 is 0 Å². The van der Waals surface area contributed by atoms with E-state index in [0.717, 1.165) is 19.3 Å². The van der Waals surface area contributed by atoms with Gasteiger partial charge in [-0.05, 0) is 29.9 Å². The second kappa shape index (κ2) is 4.96. The van der Waals surface area contributed by atoms with Crippen LogP contribution in [0.25, 0.3) is 0 Å². The van der Waals surface area contributed by atoms with Gasteiger partial charge in [0.2, 0.25) is 0 Å². The van der Waals surface area contributed by atoms with Gasteiger partial charge in [0, 0.05) is 6.42 Å². The van der Waals surface area contributed by atoms with Crippen molar-refractivity contribution in [3.8, 4) is 0 Å². The maximum Gasteiger partial charge on any atom is 0.578 e.